The number of carbonyl (C=O) groups is 1. The number of benzene rings is 2. The average molecular weight is 311 g/mol. The number of nitrogens with one attached hydrogen (secondary N) is 1. The second-order valence-corrected chi connectivity index (χ2v) is 4.58. The molecule has 0 aliphatic carbocycles. The van der Waals surface area contributed by atoms with Crippen LogP contribution in [0.3, 0.4) is 0 Å². The Morgan fingerprint density at radius 3 is 2.74 bits per heavy atom. The van der Waals surface area contributed by atoms with E-state index in [-0.39, 0.29) is 17.9 Å². The predicted octanol–water partition coefficient (Wildman–Crippen LogP) is 2.87. The normalized spacial score (nSPS) is 9.74. The van der Waals surface area contributed by atoms with Crippen LogP contribution in [-0.2, 0) is 11.3 Å². The predicted molar refractivity (Wildman–Crippen MR) is 82.9 cm³/mol. The van der Waals surface area contributed by atoms with Crippen LogP contribution in [-0.4, -0.2) is 17.9 Å². The quantitative estimate of drug-likeness (QED) is 0.517. The summed E-state index contributed by atoms with van der Waals surface area (Å²) in [4.78, 5) is 22.5. The van der Waals surface area contributed by atoms with Crippen molar-refractivity contribution in [2.24, 2.45) is 0 Å². The summed E-state index contributed by atoms with van der Waals surface area (Å²) in [5, 5.41) is 22.7. The fourth-order valence-electron chi connectivity index (χ4n) is 2.00. The SMILES string of the molecule is CNc1ccc(C(=O)OCc2ccccc2C#N)cc1[N+](=O)[O-]. The Morgan fingerprint density at radius 2 is 2.09 bits per heavy atom. The molecule has 2 rings (SSSR count). The lowest BCUT2D eigenvalue weighted by atomic mass is 10.1. The molecule has 7 heteroatoms. The number of ether oxygens (including phenoxy) is 1. The zero-order valence-corrected chi connectivity index (χ0v) is 12.3. The van der Waals surface area contributed by atoms with Crippen molar-refractivity contribution >= 4 is 17.3 Å². The first-order chi connectivity index (χ1) is 11.1. The van der Waals surface area contributed by atoms with Crippen LogP contribution in [0, 0.1) is 21.4 Å². The van der Waals surface area contributed by atoms with Gasteiger partial charge in [-0.05, 0) is 18.2 Å². The van der Waals surface area contributed by atoms with Gasteiger partial charge in [0.2, 0.25) is 0 Å². The lowest BCUT2D eigenvalue weighted by Gasteiger charge is -2.07. The molecule has 0 saturated carbocycles. The molecule has 0 spiro atoms. The Balaban J connectivity index is 2.17. The summed E-state index contributed by atoms with van der Waals surface area (Å²) in [7, 11) is 1.55. The van der Waals surface area contributed by atoms with Crippen molar-refractivity contribution in [3.05, 3.63) is 69.3 Å². The van der Waals surface area contributed by atoms with Crippen molar-refractivity contribution in [1.82, 2.24) is 0 Å². The van der Waals surface area contributed by atoms with Gasteiger partial charge in [-0.3, -0.25) is 10.1 Å². The molecule has 2 aromatic rings. The molecule has 0 aromatic heterocycles. The molecule has 2 aromatic carbocycles. The Hall–Kier alpha value is -3.40. The topological polar surface area (TPSA) is 105 Å². The van der Waals surface area contributed by atoms with E-state index in [1.54, 1.807) is 31.3 Å². The van der Waals surface area contributed by atoms with E-state index in [9.17, 15) is 14.9 Å². The zero-order valence-electron chi connectivity index (χ0n) is 12.3. The van der Waals surface area contributed by atoms with Crippen molar-refractivity contribution in [3.8, 4) is 6.07 Å². The molecule has 0 aliphatic heterocycles. The molecule has 0 aliphatic rings. The monoisotopic (exact) mass is 311 g/mol. The first-order valence-electron chi connectivity index (χ1n) is 6.68. The van der Waals surface area contributed by atoms with Gasteiger partial charge < -0.3 is 10.1 Å². The number of nitrogens with zero attached hydrogens (tertiary/aromatic N) is 2. The van der Waals surface area contributed by atoms with E-state index in [1.165, 1.54) is 12.1 Å². The average Bonchev–Trinajstić information content (AvgIpc) is 2.59. The minimum absolute atomic E-state index is 0.0742. The van der Waals surface area contributed by atoms with E-state index in [2.05, 4.69) is 5.32 Å². The Morgan fingerprint density at radius 1 is 1.35 bits per heavy atom. The number of esters is 1. The van der Waals surface area contributed by atoms with Crippen molar-refractivity contribution in [2.75, 3.05) is 12.4 Å². The molecule has 0 atom stereocenters. The second-order valence-electron chi connectivity index (χ2n) is 4.58. The number of nitro groups is 1. The highest BCUT2D eigenvalue weighted by atomic mass is 16.6. The minimum Gasteiger partial charge on any atom is -0.457 e. The standard InChI is InChI=1S/C16H13N3O4/c1-18-14-7-6-11(8-15(14)19(21)22)16(20)23-10-13-5-3-2-4-12(13)9-17/h2-8,18H,10H2,1H3. The van der Waals surface area contributed by atoms with E-state index in [1.807, 2.05) is 6.07 Å². The van der Waals surface area contributed by atoms with E-state index in [4.69, 9.17) is 10.00 Å². The summed E-state index contributed by atoms with van der Waals surface area (Å²) in [6.45, 7) is -0.0792. The van der Waals surface area contributed by atoms with Gasteiger partial charge in [0.15, 0.2) is 0 Å². The Bertz CT molecular complexity index is 796. The van der Waals surface area contributed by atoms with Gasteiger partial charge in [-0.2, -0.15) is 5.26 Å². The third-order valence-electron chi connectivity index (χ3n) is 3.20. The Kier molecular flexibility index (Phi) is 4.89. The molecular weight excluding hydrogens is 298 g/mol. The third kappa shape index (κ3) is 3.63. The molecular formula is C16H13N3O4. The molecule has 116 valence electrons. The van der Waals surface area contributed by atoms with Gasteiger partial charge in [-0.1, -0.05) is 18.2 Å². The lowest BCUT2D eigenvalue weighted by molar-refractivity contribution is -0.384. The van der Waals surface area contributed by atoms with Crippen LogP contribution in [0.4, 0.5) is 11.4 Å². The van der Waals surface area contributed by atoms with Gasteiger partial charge in [-0.25, -0.2) is 4.79 Å². The van der Waals surface area contributed by atoms with Crippen molar-refractivity contribution in [3.63, 3.8) is 0 Å². The summed E-state index contributed by atoms with van der Waals surface area (Å²) in [6, 6.07) is 12.8. The van der Waals surface area contributed by atoms with Gasteiger partial charge >= 0.3 is 5.97 Å². The molecule has 0 saturated heterocycles. The molecule has 0 amide bonds. The number of rotatable bonds is 5. The maximum absolute atomic E-state index is 12.0. The van der Waals surface area contributed by atoms with Crippen LogP contribution >= 0.6 is 0 Å². The fourth-order valence-corrected chi connectivity index (χ4v) is 2.00. The van der Waals surface area contributed by atoms with E-state index in [0.717, 1.165) is 6.07 Å². The highest BCUT2D eigenvalue weighted by Gasteiger charge is 2.18. The number of hydrogen-bond acceptors (Lipinski definition) is 6. The van der Waals surface area contributed by atoms with Gasteiger partial charge in [-0.15, -0.1) is 0 Å². The van der Waals surface area contributed by atoms with Crippen LogP contribution in [0.5, 0.6) is 0 Å². The van der Waals surface area contributed by atoms with Crippen LogP contribution in [0.25, 0.3) is 0 Å². The van der Waals surface area contributed by atoms with E-state index < -0.39 is 10.9 Å². The summed E-state index contributed by atoms with van der Waals surface area (Å²) in [6.07, 6.45) is 0. The van der Waals surface area contributed by atoms with E-state index >= 15 is 0 Å². The van der Waals surface area contributed by atoms with Gasteiger partial charge in [0.25, 0.3) is 5.69 Å². The largest absolute Gasteiger partial charge is 0.457 e. The smallest absolute Gasteiger partial charge is 0.338 e. The van der Waals surface area contributed by atoms with Crippen LogP contribution in [0.1, 0.15) is 21.5 Å². The second kappa shape index (κ2) is 7.04. The van der Waals surface area contributed by atoms with Gasteiger partial charge in [0.1, 0.15) is 12.3 Å². The Labute approximate surface area is 132 Å². The van der Waals surface area contributed by atoms with Crippen LogP contribution < -0.4 is 5.32 Å². The molecule has 0 radical (unpaired) electrons. The maximum atomic E-state index is 12.0. The number of nitriles is 1. The number of anilines is 1. The highest BCUT2D eigenvalue weighted by molar-refractivity contribution is 5.91. The summed E-state index contributed by atoms with van der Waals surface area (Å²) < 4.78 is 5.13. The molecule has 0 fully saturated rings. The van der Waals surface area contributed by atoms with Crippen molar-refractivity contribution in [2.45, 2.75) is 6.61 Å². The number of hydrogen-bond donors (Lipinski definition) is 1. The summed E-state index contributed by atoms with van der Waals surface area (Å²) in [5.41, 5.74) is 1.16. The summed E-state index contributed by atoms with van der Waals surface area (Å²) in [5.74, 6) is -0.691. The number of carbonyl (C=O) groups excluding carboxylic acids is 1. The summed E-state index contributed by atoms with van der Waals surface area (Å²) >= 11 is 0. The van der Waals surface area contributed by atoms with E-state index in [0.29, 0.717) is 16.8 Å². The third-order valence-corrected chi connectivity index (χ3v) is 3.20. The molecule has 23 heavy (non-hydrogen) atoms. The van der Waals surface area contributed by atoms with Crippen molar-refractivity contribution in [1.29, 1.82) is 5.26 Å². The molecule has 0 unspecified atom stereocenters. The minimum atomic E-state index is -0.691. The number of nitro benzene ring substituents is 1. The zero-order chi connectivity index (χ0) is 16.8. The van der Waals surface area contributed by atoms with Crippen LogP contribution in [0.2, 0.25) is 0 Å². The van der Waals surface area contributed by atoms with Crippen molar-refractivity contribution < 1.29 is 14.5 Å². The van der Waals surface area contributed by atoms with Crippen LogP contribution in [0.15, 0.2) is 42.5 Å². The lowest BCUT2D eigenvalue weighted by Crippen LogP contribution is -2.07. The first-order valence-corrected chi connectivity index (χ1v) is 6.68. The molecule has 0 bridgehead atoms. The molecule has 1 N–H and O–H groups in total. The van der Waals surface area contributed by atoms with Gasteiger partial charge in [0.05, 0.1) is 22.1 Å². The first kappa shape index (κ1) is 16.0. The van der Waals surface area contributed by atoms with Gasteiger partial charge in [0, 0.05) is 18.7 Å². The fraction of sp³-hybridized carbons (Fsp3) is 0.125. The molecule has 7 nitrogen and oxygen atoms in total. The highest BCUT2D eigenvalue weighted by Crippen LogP contribution is 2.25. The molecule has 0 heterocycles. The maximum Gasteiger partial charge on any atom is 0.338 e.